The zero-order chi connectivity index (χ0) is 26.9. The molecule has 4 aromatic rings. The molecule has 1 aliphatic rings. The highest BCUT2D eigenvalue weighted by Gasteiger charge is 2.30. The van der Waals surface area contributed by atoms with Crippen molar-refractivity contribution in [2.75, 3.05) is 30.3 Å². The minimum atomic E-state index is -4.43. The SMILES string of the molecule is O=C(Nc1ccc(C(F)(F)F)cc1)N1CCCC(CNc2cc(-c3ccccc3O)nc3c(Br)cnn23)C1. The largest absolute Gasteiger partial charge is 0.507 e. The highest BCUT2D eigenvalue weighted by Crippen LogP contribution is 2.32. The lowest BCUT2D eigenvalue weighted by Gasteiger charge is -2.33. The maximum absolute atomic E-state index is 12.8. The standard InChI is InChI=1S/C26H24BrF3N6O2/c27-20-14-32-36-23(12-21(34-24(20)36)19-5-1-2-6-22(19)37)31-13-16-4-3-11-35(15-16)25(38)33-18-9-7-17(8-10-18)26(28,29)30/h1-2,5-10,12,14,16,31,37H,3-4,11,13,15H2,(H,33,38). The summed E-state index contributed by atoms with van der Waals surface area (Å²) in [7, 11) is 0. The van der Waals surface area contributed by atoms with Crippen molar-refractivity contribution < 1.29 is 23.1 Å². The normalized spacial score (nSPS) is 16.0. The molecule has 12 heteroatoms. The van der Waals surface area contributed by atoms with Crippen LogP contribution in [0.4, 0.5) is 29.5 Å². The number of aromatic hydroxyl groups is 1. The summed E-state index contributed by atoms with van der Waals surface area (Å²) in [5.41, 5.74) is 1.31. The second kappa shape index (κ2) is 10.5. The Hall–Kier alpha value is -3.80. The van der Waals surface area contributed by atoms with E-state index < -0.39 is 11.7 Å². The van der Waals surface area contributed by atoms with Crippen molar-refractivity contribution in [3.8, 4) is 17.0 Å². The van der Waals surface area contributed by atoms with Gasteiger partial charge in [-0.25, -0.2) is 9.78 Å². The number of para-hydroxylation sites is 1. The smallest absolute Gasteiger partial charge is 0.416 e. The van der Waals surface area contributed by atoms with Gasteiger partial charge in [0.25, 0.3) is 0 Å². The number of alkyl halides is 3. The van der Waals surface area contributed by atoms with Gasteiger partial charge in [0.05, 0.1) is 21.9 Å². The van der Waals surface area contributed by atoms with Crippen LogP contribution in [0, 0.1) is 5.92 Å². The number of carbonyl (C=O) groups excluding carboxylic acids is 1. The van der Waals surface area contributed by atoms with Crippen LogP contribution in [0.25, 0.3) is 16.9 Å². The molecule has 0 spiro atoms. The zero-order valence-corrected chi connectivity index (χ0v) is 21.6. The topological polar surface area (TPSA) is 94.8 Å². The quantitative estimate of drug-likeness (QED) is 0.256. The molecule has 8 nitrogen and oxygen atoms in total. The van der Waals surface area contributed by atoms with E-state index in [0.29, 0.717) is 52.5 Å². The molecule has 0 aliphatic carbocycles. The predicted octanol–water partition coefficient (Wildman–Crippen LogP) is 6.24. The highest BCUT2D eigenvalue weighted by atomic mass is 79.9. The molecule has 1 saturated heterocycles. The molecule has 0 radical (unpaired) electrons. The zero-order valence-electron chi connectivity index (χ0n) is 20.0. The van der Waals surface area contributed by atoms with Crippen LogP contribution in [0.15, 0.2) is 65.3 Å². The molecule has 1 unspecified atom stereocenters. The van der Waals surface area contributed by atoms with Crippen molar-refractivity contribution in [1.29, 1.82) is 0 Å². The summed E-state index contributed by atoms with van der Waals surface area (Å²) in [5, 5.41) is 20.8. The number of hydrogen-bond acceptors (Lipinski definition) is 5. The third-order valence-electron chi connectivity index (χ3n) is 6.45. The molecule has 2 aromatic heterocycles. The van der Waals surface area contributed by atoms with Crippen LogP contribution in [0.5, 0.6) is 5.75 Å². The van der Waals surface area contributed by atoms with E-state index in [4.69, 9.17) is 0 Å². The fraction of sp³-hybridized carbons (Fsp3) is 0.269. The molecule has 0 saturated carbocycles. The molecular formula is C26H24BrF3N6O2. The lowest BCUT2D eigenvalue weighted by Crippen LogP contribution is -2.44. The number of aromatic nitrogens is 3. The van der Waals surface area contributed by atoms with Gasteiger partial charge in [0.15, 0.2) is 5.65 Å². The molecule has 38 heavy (non-hydrogen) atoms. The summed E-state index contributed by atoms with van der Waals surface area (Å²) in [6, 6.07) is 12.8. The van der Waals surface area contributed by atoms with E-state index >= 15 is 0 Å². The van der Waals surface area contributed by atoms with E-state index in [9.17, 15) is 23.1 Å². The van der Waals surface area contributed by atoms with E-state index in [2.05, 4.69) is 36.6 Å². The van der Waals surface area contributed by atoms with E-state index in [1.54, 1.807) is 33.8 Å². The highest BCUT2D eigenvalue weighted by molar-refractivity contribution is 9.10. The van der Waals surface area contributed by atoms with Crippen LogP contribution in [-0.4, -0.2) is 50.3 Å². The van der Waals surface area contributed by atoms with Gasteiger partial charge in [-0.05, 0) is 71.1 Å². The average Bonchev–Trinajstić information content (AvgIpc) is 3.28. The number of likely N-dealkylation sites (tertiary alicyclic amines) is 1. The summed E-state index contributed by atoms with van der Waals surface area (Å²) in [5.74, 6) is 0.941. The summed E-state index contributed by atoms with van der Waals surface area (Å²) in [6.45, 7) is 1.61. The van der Waals surface area contributed by atoms with Gasteiger partial charge in [-0.3, -0.25) is 0 Å². The van der Waals surface area contributed by atoms with Crippen molar-refractivity contribution in [2.24, 2.45) is 5.92 Å². The van der Waals surface area contributed by atoms with E-state index in [1.165, 1.54) is 12.1 Å². The van der Waals surface area contributed by atoms with Crippen LogP contribution < -0.4 is 10.6 Å². The number of phenols is 1. The van der Waals surface area contributed by atoms with Gasteiger partial charge in [0.1, 0.15) is 11.6 Å². The number of phenolic OH excluding ortho intramolecular Hbond substituents is 1. The first-order valence-corrected chi connectivity index (χ1v) is 12.8. The molecule has 0 bridgehead atoms. The first-order valence-electron chi connectivity index (χ1n) is 12.0. The number of piperidine rings is 1. The third-order valence-corrected chi connectivity index (χ3v) is 7.01. The number of fused-ring (bicyclic) bond motifs is 1. The van der Waals surface area contributed by atoms with E-state index in [1.807, 2.05) is 12.1 Å². The maximum Gasteiger partial charge on any atom is 0.416 e. The second-order valence-electron chi connectivity index (χ2n) is 9.11. The van der Waals surface area contributed by atoms with Crippen LogP contribution in [0.1, 0.15) is 18.4 Å². The number of carbonyl (C=O) groups is 1. The van der Waals surface area contributed by atoms with Crippen molar-refractivity contribution in [2.45, 2.75) is 19.0 Å². The Kier molecular flexibility index (Phi) is 7.15. The number of amides is 2. The number of hydrogen-bond donors (Lipinski definition) is 3. The number of nitrogens with one attached hydrogen (secondary N) is 2. The van der Waals surface area contributed by atoms with Crippen molar-refractivity contribution in [1.82, 2.24) is 19.5 Å². The Morgan fingerprint density at radius 3 is 2.66 bits per heavy atom. The lowest BCUT2D eigenvalue weighted by molar-refractivity contribution is -0.137. The number of nitrogens with zero attached hydrogens (tertiary/aromatic N) is 4. The minimum absolute atomic E-state index is 0.118. The Morgan fingerprint density at radius 1 is 1.16 bits per heavy atom. The van der Waals surface area contributed by atoms with Gasteiger partial charge in [-0.1, -0.05) is 12.1 Å². The summed E-state index contributed by atoms with van der Waals surface area (Å²) in [6.07, 6.45) is -1.07. The maximum atomic E-state index is 12.8. The first-order chi connectivity index (χ1) is 18.2. The number of rotatable bonds is 5. The lowest BCUT2D eigenvalue weighted by atomic mass is 9.98. The fourth-order valence-electron chi connectivity index (χ4n) is 4.50. The second-order valence-corrected chi connectivity index (χ2v) is 9.97. The van der Waals surface area contributed by atoms with Crippen LogP contribution in [-0.2, 0) is 6.18 Å². The molecule has 5 rings (SSSR count). The number of benzene rings is 2. The fourth-order valence-corrected chi connectivity index (χ4v) is 4.85. The van der Waals surface area contributed by atoms with Gasteiger partial charge in [-0.2, -0.15) is 22.8 Å². The monoisotopic (exact) mass is 588 g/mol. The Balaban J connectivity index is 1.27. The Labute approximate surface area is 224 Å². The molecule has 2 amide bonds. The average molecular weight is 589 g/mol. The van der Waals surface area contributed by atoms with E-state index in [-0.39, 0.29) is 17.7 Å². The molecular weight excluding hydrogens is 565 g/mol. The van der Waals surface area contributed by atoms with Gasteiger partial charge in [-0.15, -0.1) is 0 Å². The van der Waals surface area contributed by atoms with Gasteiger partial charge in [0.2, 0.25) is 0 Å². The van der Waals surface area contributed by atoms with E-state index in [0.717, 1.165) is 25.0 Å². The van der Waals surface area contributed by atoms with Crippen LogP contribution in [0.3, 0.4) is 0 Å². The summed E-state index contributed by atoms with van der Waals surface area (Å²) >= 11 is 3.48. The minimum Gasteiger partial charge on any atom is -0.507 e. The number of urea groups is 1. The van der Waals surface area contributed by atoms with Gasteiger partial charge < -0.3 is 20.6 Å². The predicted molar refractivity (Wildman–Crippen MR) is 141 cm³/mol. The molecule has 3 heterocycles. The van der Waals surface area contributed by atoms with Crippen LogP contribution >= 0.6 is 15.9 Å². The summed E-state index contributed by atoms with van der Waals surface area (Å²) in [4.78, 5) is 19.1. The first kappa shape index (κ1) is 25.8. The van der Waals surface area contributed by atoms with Crippen molar-refractivity contribution in [3.05, 3.63) is 70.8 Å². The third kappa shape index (κ3) is 5.54. The van der Waals surface area contributed by atoms with Crippen molar-refractivity contribution in [3.63, 3.8) is 0 Å². The Morgan fingerprint density at radius 2 is 1.92 bits per heavy atom. The number of anilines is 2. The molecule has 198 valence electrons. The molecule has 1 fully saturated rings. The number of halogens is 4. The van der Waals surface area contributed by atoms with Gasteiger partial charge in [0, 0.05) is 37.0 Å². The Bertz CT molecular complexity index is 1460. The molecule has 1 atom stereocenters. The van der Waals surface area contributed by atoms with Crippen LogP contribution in [0.2, 0.25) is 0 Å². The molecule has 2 aromatic carbocycles. The summed E-state index contributed by atoms with van der Waals surface area (Å²) < 4.78 is 40.8. The molecule has 1 aliphatic heterocycles. The molecule has 3 N–H and O–H groups in total. The van der Waals surface area contributed by atoms with Crippen molar-refractivity contribution >= 4 is 39.1 Å². The van der Waals surface area contributed by atoms with Gasteiger partial charge >= 0.3 is 12.2 Å².